The second-order valence-corrected chi connectivity index (χ2v) is 7.25. The summed E-state index contributed by atoms with van der Waals surface area (Å²) in [4.78, 5) is 14.3. The zero-order chi connectivity index (χ0) is 18.6. The number of carbonyl (C=O) groups excluding carboxylic acids is 1. The van der Waals surface area contributed by atoms with Gasteiger partial charge in [0.25, 0.3) is 0 Å². The third-order valence-corrected chi connectivity index (χ3v) is 4.04. The van der Waals surface area contributed by atoms with E-state index in [1.54, 1.807) is 35.2 Å². The van der Waals surface area contributed by atoms with Crippen LogP contribution < -0.4 is 4.74 Å². The zero-order valence-corrected chi connectivity index (χ0v) is 15.4. The van der Waals surface area contributed by atoms with Crippen LogP contribution in [0.4, 0.5) is 0 Å². The van der Waals surface area contributed by atoms with Gasteiger partial charge in [-0.2, -0.15) is 5.26 Å². The number of rotatable bonds is 4. The Morgan fingerprint density at radius 1 is 1.08 bits per heavy atom. The number of esters is 1. The molecule has 2 rings (SSSR count). The molecular formula is C21H24N2O2. The highest BCUT2D eigenvalue weighted by atomic mass is 16.5. The molecule has 0 aliphatic carbocycles. The average Bonchev–Trinajstić information content (AvgIpc) is 2.56. The first-order chi connectivity index (χ1) is 11.7. The molecule has 0 heterocycles. The van der Waals surface area contributed by atoms with E-state index in [0.717, 1.165) is 5.56 Å². The Hall–Kier alpha value is -2.64. The maximum absolute atomic E-state index is 12.5. The molecule has 0 bridgehead atoms. The van der Waals surface area contributed by atoms with Crippen LogP contribution in [0.15, 0.2) is 48.5 Å². The van der Waals surface area contributed by atoms with Gasteiger partial charge in [0.05, 0.1) is 11.6 Å². The Bertz CT molecular complexity index is 781. The summed E-state index contributed by atoms with van der Waals surface area (Å²) in [6, 6.07) is 16.3. The lowest BCUT2D eigenvalue weighted by Crippen LogP contribution is -2.20. The quantitative estimate of drug-likeness (QED) is 0.616. The van der Waals surface area contributed by atoms with Gasteiger partial charge < -0.3 is 4.74 Å². The molecule has 0 spiro atoms. The Morgan fingerprint density at radius 2 is 1.68 bits per heavy atom. The van der Waals surface area contributed by atoms with E-state index in [4.69, 9.17) is 4.74 Å². The van der Waals surface area contributed by atoms with Crippen molar-refractivity contribution in [3.63, 3.8) is 0 Å². The second-order valence-electron chi connectivity index (χ2n) is 7.25. The van der Waals surface area contributed by atoms with E-state index >= 15 is 0 Å². The Morgan fingerprint density at radius 3 is 2.20 bits per heavy atom. The van der Waals surface area contributed by atoms with Gasteiger partial charge in [-0.05, 0) is 43.3 Å². The largest absolute Gasteiger partial charge is 0.423 e. The Kier molecular flexibility index (Phi) is 5.61. The van der Waals surface area contributed by atoms with Crippen LogP contribution in [0.2, 0.25) is 0 Å². The topological polar surface area (TPSA) is 53.3 Å². The molecule has 0 aliphatic rings. The molecule has 0 aliphatic heterocycles. The fourth-order valence-electron chi connectivity index (χ4n) is 2.53. The third-order valence-electron chi connectivity index (χ3n) is 4.04. The van der Waals surface area contributed by atoms with Gasteiger partial charge in [0, 0.05) is 5.56 Å². The van der Waals surface area contributed by atoms with E-state index in [2.05, 4.69) is 26.8 Å². The highest BCUT2D eigenvalue weighted by molar-refractivity contribution is 5.91. The van der Waals surface area contributed by atoms with Crippen LogP contribution >= 0.6 is 0 Å². The smallest absolute Gasteiger partial charge is 0.343 e. The fraction of sp³-hybridized carbons (Fsp3) is 0.333. The lowest BCUT2D eigenvalue weighted by Gasteiger charge is -2.20. The maximum atomic E-state index is 12.5. The minimum Gasteiger partial charge on any atom is -0.423 e. The van der Waals surface area contributed by atoms with Crippen molar-refractivity contribution in [3.05, 3.63) is 65.2 Å². The first kappa shape index (κ1) is 18.7. The van der Waals surface area contributed by atoms with E-state index in [0.29, 0.717) is 16.9 Å². The van der Waals surface area contributed by atoms with Crippen LogP contribution in [0.3, 0.4) is 0 Å². The number of para-hydroxylation sites is 1. The van der Waals surface area contributed by atoms with Crippen molar-refractivity contribution < 1.29 is 9.53 Å². The predicted octanol–water partition coefficient (Wildman–Crippen LogP) is 4.33. The van der Waals surface area contributed by atoms with Gasteiger partial charge in [-0.15, -0.1) is 0 Å². The SMILES string of the molecule is CN(C)C(C#N)c1ccccc1OC(=O)c1ccc(C(C)(C)C)cc1. The zero-order valence-electron chi connectivity index (χ0n) is 15.4. The van der Waals surface area contributed by atoms with E-state index < -0.39 is 12.0 Å². The van der Waals surface area contributed by atoms with E-state index in [-0.39, 0.29) is 5.41 Å². The predicted molar refractivity (Wildman–Crippen MR) is 98.6 cm³/mol. The van der Waals surface area contributed by atoms with Gasteiger partial charge in [0.15, 0.2) is 0 Å². The molecule has 130 valence electrons. The van der Waals surface area contributed by atoms with Crippen LogP contribution in [0.25, 0.3) is 0 Å². The summed E-state index contributed by atoms with van der Waals surface area (Å²) in [5.74, 6) is -0.0176. The number of nitrogens with zero attached hydrogens (tertiary/aromatic N) is 2. The van der Waals surface area contributed by atoms with Crippen molar-refractivity contribution in [1.29, 1.82) is 5.26 Å². The van der Waals surface area contributed by atoms with Crippen LogP contribution in [-0.2, 0) is 5.41 Å². The van der Waals surface area contributed by atoms with E-state index in [9.17, 15) is 10.1 Å². The summed E-state index contributed by atoms with van der Waals surface area (Å²) in [5.41, 5.74) is 2.35. The van der Waals surface area contributed by atoms with Gasteiger partial charge >= 0.3 is 5.97 Å². The van der Waals surface area contributed by atoms with Gasteiger partial charge in [-0.1, -0.05) is 51.1 Å². The van der Waals surface area contributed by atoms with Crippen molar-refractivity contribution in [2.24, 2.45) is 0 Å². The number of hydrogen-bond donors (Lipinski definition) is 0. The van der Waals surface area contributed by atoms with Gasteiger partial charge in [0.1, 0.15) is 11.8 Å². The molecule has 25 heavy (non-hydrogen) atoms. The first-order valence-corrected chi connectivity index (χ1v) is 8.21. The second kappa shape index (κ2) is 7.50. The minimum atomic E-state index is -0.479. The van der Waals surface area contributed by atoms with Crippen LogP contribution in [0.1, 0.15) is 48.3 Å². The van der Waals surface area contributed by atoms with Crippen LogP contribution in [0, 0.1) is 11.3 Å². The molecule has 0 amide bonds. The summed E-state index contributed by atoms with van der Waals surface area (Å²) >= 11 is 0. The van der Waals surface area contributed by atoms with E-state index in [1.165, 1.54) is 0 Å². The normalized spacial score (nSPS) is 12.5. The third kappa shape index (κ3) is 4.46. The molecule has 0 radical (unpaired) electrons. The maximum Gasteiger partial charge on any atom is 0.343 e. The molecule has 4 heteroatoms. The number of benzene rings is 2. The summed E-state index contributed by atoms with van der Waals surface area (Å²) in [6.45, 7) is 6.37. The molecule has 1 unspecified atom stereocenters. The van der Waals surface area contributed by atoms with Gasteiger partial charge in [-0.3, -0.25) is 4.90 Å². The monoisotopic (exact) mass is 336 g/mol. The van der Waals surface area contributed by atoms with Gasteiger partial charge in [-0.25, -0.2) is 4.79 Å². The Labute approximate surface area is 149 Å². The van der Waals surface area contributed by atoms with Gasteiger partial charge in [0.2, 0.25) is 0 Å². The molecule has 4 nitrogen and oxygen atoms in total. The summed E-state index contributed by atoms with van der Waals surface area (Å²) in [5, 5.41) is 9.40. The number of nitriles is 1. The standard InChI is InChI=1S/C21H24N2O2/c1-21(2,3)16-12-10-15(11-13-16)20(24)25-19-9-7-6-8-17(19)18(14-22)23(4)5/h6-13,18H,1-5H3. The number of ether oxygens (including phenoxy) is 1. The Balaban J connectivity index is 2.26. The summed E-state index contributed by atoms with van der Waals surface area (Å²) in [7, 11) is 3.63. The van der Waals surface area contributed by atoms with Crippen molar-refractivity contribution in [2.45, 2.75) is 32.2 Å². The number of carbonyl (C=O) groups is 1. The highest BCUT2D eigenvalue weighted by Gasteiger charge is 2.20. The molecule has 2 aromatic carbocycles. The molecule has 0 saturated carbocycles. The van der Waals surface area contributed by atoms with Crippen LogP contribution in [-0.4, -0.2) is 25.0 Å². The number of hydrogen-bond acceptors (Lipinski definition) is 4. The fourth-order valence-corrected chi connectivity index (χ4v) is 2.53. The lowest BCUT2D eigenvalue weighted by molar-refractivity contribution is 0.0731. The minimum absolute atomic E-state index is 0.0285. The van der Waals surface area contributed by atoms with Crippen molar-refractivity contribution >= 4 is 5.97 Å². The summed E-state index contributed by atoms with van der Waals surface area (Å²) < 4.78 is 5.57. The molecular weight excluding hydrogens is 312 g/mol. The van der Waals surface area contributed by atoms with Crippen molar-refractivity contribution in [3.8, 4) is 11.8 Å². The molecule has 0 fully saturated rings. The first-order valence-electron chi connectivity index (χ1n) is 8.21. The molecule has 0 aromatic heterocycles. The molecule has 0 saturated heterocycles. The molecule has 1 atom stereocenters. The van der Waals surface area contributed by atoms with E-state index in [1.807, 2.05) is 32.3 Å². The highest BCUT2D eigenvalue weighted by Crippen LogP contribution is 2.28. The molecule has 2 aromatic rings. The molecule has 0 N–H and O–H groups in total. The van der Waals surface area contributed by atoms with Crippen molar-refractivity contribution in [2.75, 3.05) is 14.1 Å². The summed E-state index contributed by atoms with van der Waals surface area (Å²) in [6.07, 6.45) is 0. The lowest BCUT2D eigenvalue weighted by atomic mass is 9.87. The van der Waals surface area contributed by atoms with Crippen molar-refractivity contribution in [1.82, 2.24) is 4.90 Å². The average molecular weight is 336 g/mol. The van der Waals surface area contributed by atoms with Crippen LogP contribution in [0.5, 0.6) is 5.75 Å².